The highest BCUT2D eigenvalue weighted by Crippen LogP contribution is 2.18. The number of unbranched alkanes of at least 4 members (excludes halogenated alkanes) is 46. The van der Waals surface area contributed by atoms with Gasteiger partial charge in [-0.1, -0.05) is 309 Å². The fourth-order valence-corrected chi connectivity index (χ4v) is 9.76. The van der Waals surface area contributed by atoms with E-state index in [1.54, 1.807) is 0 Å². The van der Waals surface area contributed by atoms with Crippen LogP contribution in [-0.4, -0.2) is 47.4 Å². The Morgan fingerprint density at radius 3 is 0.924 bits per heavy atom. The fourth-order valence-electron chi connectivity index (χ4n) is 9.76. The SMILES string of the molecule is CCCCCCCCCCCCCCCCCCC(=O)OCCCCCCCCCCCCCCCCCCCCCCC(=O)NC(CO)C(O)CCCCCCCCCCCCCCC. The van der Waals surface area contributed by atoms with E-state index in [1.165, 1.54) is 276 Å². The molecule has 0 bridgehead atoms. The molecule has 6 nitrogen and oxygen atoms in total. The van der Waals surface area contributed by atoms with E-state index >= 15 is 0 Å². The van der Waals surface area contributed by atoms with Crippen LogP contribution in [0, 0.1) is 0 Å². The first kappa shape index (κ1) is 64.9. The number of aliphatic hydroxyl groups excluding tert-OH is 2. The average molecular weight is 935 g/mol. The van der Waals surface area contributed by atoms with Crippen LogP contribution < -0.4 is 5.32 Å². The molecular weight excluding hydrogens is 815 g/mol. The minimum Gasteiger partial charge on any atom is -0.466 e. The summed E-state index contributed by atoms with van der Waals surface area (Å²) in [4.78, 5) is 24.5. The van der Waals surface area contributed by atoms with E-state index in [4.69, 9.17) is 4.74 Å². The van der Waals surface area contributed by atoms with Crippen molar-refractivity contribution in [2.75, 3.05) is 13.2 Å². The molecule has 0 radical (unpaired) electrons. The van der Waals surface area contributed by atoms with Gasteiger partial charge in [0.2, 0.25) is 5.91 Å². The highest BCUT2D eigenvalue weighted by Gasteiger charge is 2.20. The van der Waals surface area contributed by atoms with Gasteiger partial charge in [0.25, 0.3) is 0 Å². The number of rotatable bonds is 57. The molecule has 0 spiro atoms. The third kappa shape index (κ3) is 52.2. The van der Waals surface area contributed by atoms with Gasteiger partial charge in [-0.05, 0) is 25.7 Å². The first-order valence-corrected chi connectivity index (χ1v) is 30.3. The normalized spacial score (nSPS) is 12.5. The van der Waals surface area contributed by atoms with Gasteiger partial charge in [0.05, 0.1) is 25.4 Å². The van der Waals surface area contributed by atoms with Gasteiger partial charge in [0.1, 0.15) is 0 Å². The van der Waals surface area contributed by atoms with Crippen molar-refractivity contribution in [3.05, 3.63) is 0 Å². The second-order valence-electron chi connectivity index (χ2n) is 21.1. The molecule has 0 heterocycles. The summed E-state index contributed by atoms with van der Waals surface area (Å²) in [6, 6.07) is -0.541. The Bertz CT molecular complexity index is 944. The lowest BCUT2D eigenvalue weighted by molar-refractivity contribution is -0.143. The Labute approximate surface area is 413 Å². The van der Waals surface area contributed by atoms with E-state index < -0.39 is 12.1 Å². The van der Waals surface area contributed by atoms with Crippen LogP contribution in [-0.2, 0) is 14.3 Å². The maximum Gasteiger partial charge on any atom is 0.305 e. The summed E-state index contributed by atoms with van der Waals surface area (Å²) < 4.78 is 5.49. The molecule has 66 heavy (non-hydrogen) atoms. The molecule has 3 N–H and O–H groups in total. The maximum absolute atomic E-state index is 12.5. The molecule has 6 heteroatoms. The number of amides is 1. The van der Waals surface area contributed by atoms with E-state index in [0.29, 0.717) is 25.9 Å². The summed E-state index contributed by atoms with van der Waals surface area (Å²) in [5, 5.41) is 23.2. The zero-order chi connectivity index (χ0) is 47.9. The highest BCUT2D eigenvalue weighted by molar-refractivity contribution is 5.76. The fraction of sp³-hybridized carbons (Fsp3) is 0.967. The van der Waals surface area contributed by atoms with Crippen molar-refractivity contribution in [2.24, 2.45) is 0 Å². The van der Waals surface area contributed by atoms with Crippen LogP contribution in [0.5, 0.6) is 0 Å². The highest BCUT2D eigenvalue weighted by atomic mass is 16.5. The second-order valence-corrected chi connectivity index (χ2v) is 21.1. The summed E-state index contributed by atoms with van der Waals surface area (Å²) >= 11 is 0. The van der Waals surface area contributed by atoms with Gasteiger partial charge in [-0.2, -0.15) is 0 Å². The zero-order valence-corrected chi connectivity index (χ0v) is 45.0. The molecule has 394 valence electrons. The molecule has 2 unspecified atom stereocenters. The number of nitrogens with one attached hydrogen (secondary N) is 1. The van der Waals surface area contributed by atoms with E-state index in [0.717, 1.165) is 38.5 Å². The van der Waals surface area contributed by atoms with Crippen molar-refractivity contribution in [3.63, 3.8) is 0 Å². The minimum absolute atomic E-state index is 0.0150. The largest absolute Gasteiger partial charge is 0.466 e. The van der Waals surface area contributed by atoms with Gasteiger partial charge in [0, 0.05) is 12.8 Å². The molecule has 0 fully saturated rings. The number of carbonyl (C=O) groups excluding carboxylic acids is 2. The lowest BCUT2D eigenvalue weighted by Gasteiger charge is -2.22. The molecule has 2 atom stereocenters. The molecule has 0 saturated heterocycles. The molecule has 1 amide bonds. The third-order valence-electron chi connectivity index (χ3n) is 14.4. The Hall–Kier alpha value is -1.14. The van der Waals surface area contributed by atoms with Crippen LogP contribution in [0.4, 0.5) is 0 Å². The van der Waals surface area contributed by atoms with Crippen molar-refractivity contribution < 1.29 is 24.5 Å². The number of hydrogen-bond donors (Lipinski definition) is 3. The molecule has 0 aliphatic heterocycles. The molecule has 0 aromatic heterocycles. The van der Waals surface area contributed by atoms with Crippen molar-refractivity contribution >= 4 is 11.9 Å². The molecule has 0 rings (SSSR count). The quantitative estimate of drug-likeness (QED) is 0.0417. The predicted octanol–water partition coefficient (Wildman–Crippen LogP) is 18.7. The van der Waals surface area contributed by atoms with Crippen LogP contribution in [0.25, 0.3) is 0 Å². The Morgan fingerprint density at radius 2 is 0.621 bits per heavy atom. The van der Waals surface area contributed by atoms with Gasteiger partial charge in [0.15, 0.2) is 0 Å². The lowest BCUT2D eigenvalue weighted by Crippen LogP contribution is -2.45. The van der Waals surface area contributed by atoms with Gasteiger partial charge >= 0.3 is 5.97 Å². The van der Waals surface area contributed by atoms with E-state index in [9.17, 15) is 19.8 Å². The average Bonchev–Trinajstić information content (AvgIpc) is 3.32. The summed E-state index contributed by atoms with van der Waals surface area (Å²) in [7, 11) is 0. The molecule has 0 aromatic carbocycles. The second kappa shape index (κ2) is 56.4. The maximum atomic E-state index is 12.5. The summed E-state index contributed by atoms with van der Waals surface area (Å²) in [6.45, 7) is 4.98. The van der Waals surface area contributed by atoms with Gasteiger partial charge in [-0.25, -0.2) is 0 Å². The zero-order valence-electron chi connectivity index (χ0n) is 45.0. The van der Waals surface area contributed by atoms with E-state index in [-0.39, 0.29) is 18.5 Å². The smallest absolute Gasteiger partial charge is 0.305 e. The van der Waals surface area contributed by atoms with Crippen LogP contribution in [0.1, 0.15) is 348 Å². The van der Waals surface area contributed by atoms with Crippen molar-refractivity contribution in [1.29, 1.82) is 0 Å². The Morgan fingerprint density at radius 1 is 0.364 bits per heavy atom. The first-order valence-electron chi connectivity index (χ1n) is 30.3. The van der Waals surface area contributed by atoms with Crippen molar-refractivity contribution in [2.45, 2.75) is 360 Å². The van der Waals surface area contributed by atoms with Crippen LogP contribution in [0.3, 0.4) is 0 Å². The number of aliphatic hydroxyl groups is 2. The summed E-state index contributed by atoms with van der Waals surface area (Å²) in [5.74, 6) is -0.0197. The standard InChI is InChI=1S/C60H119NO5/c1-3-5-7-9-11-13-15-17-18-26-30-34-38-42-46-50-54-60(65)66-55-51-47-43-39-35-31-27-24-22-20-19-21-23-25-29-33-37-41-45-49-53-59(64)61-57(56-62)58(63)52-48-44-40-36-32-28-16-14-12-10-8-6-4-2/h57-58,62-63H,3-56H2,1-2H3,(H,61,64). The molecule has 0 aliphatic carbocycles. The van der Waals surface area contributed by atoms with Crippen molar-refractivity contribution in [3.8, 4) is 0 Å². The van der Waals surface area contributed by atoms with Crippen LogP contribution in [0.2, 0.25) is 0 Å². The van der Waals surface area contributed by atoms with Crippen LogP contribution in [0.15, 0.2) is 0 Å². The number of hydrogen-bond acceptors (Lipinski definition) is 5. The lowest BCUT2D eigenvalue weighted by atomic mass is 10.0. The summed E-state index contributed by atoms with van der Waals surface area (Å²) in [5.41, 5.74) is 0. The molecule has 0 saturated carbocycles. The molecule has 0 aromatic rings. The number of esters is 1. The number of carbonyl (C=O) groups is 2. The molecule has 0 aliphatic rings. The predicted molar refractivity (Wildman–Crippen MR) is 287 cm³/mol. The van der Waals surface area contributed by atoms with Gasteiger partial charge < -0.3 is 20.3 Å². The van der Waals surface area contributed by atoms with E-state index in [2.05, 4.69) is 19.2 Å². The Kier molecular flexibility index (Phi) is 55.5. The van der Waals surface area contributed by atoms with E-state index in [1.807, 2.05) is 0 Å². The Balaban J connectivity index is 3.35. The third-order valence-corrected chi connectivity index (χ3v) is 14.4. The topological polar surface area (TPSA) is 95.9 Å². The summed E-state index contributed by atoms with van der Waals surface area (Å²) in [6.07, 6.45) is 65.3. The monoisotopic (exact) mass is 934 g/mol. The number of ether oxygens (including phenoxy) is 1. The minimum atomic E-state index is -0.663. The van der Waals surface area contributed by atoms with Crippen molar-refractivity contribution in [1.82, 2.24) is 5.32 Å². The van der Waals surface area contributed by atoms with Gasteiger partial charge in [-0.15, -0.1) is 0 Å². The van der Waals surface area contributed by atoms with Gasteiger partial charge in [-0.3, -0.25) is 9.59 Å². The van der Waals surface area contributed by atoms with Crippen LogP contribution >= 0.6 is 0 Å². The molecular formula is C60H119NO5. The first-order chi connectivity index (χ1) is 32.5.